The first-order valence-electron chi connectivity index (χ1n) is 9.62. The second-order valence-corrected chi connectivity index (χ2v) is 8.72. The van der Waals surface area contributed by atoms with Gasteiger partial charge in [0.2, 0.25) is 0 Å². The van der Waals surface area contributed by atoms with Crippen LogP contribution in [0.15, 0.2) is 48.4 Å². The van der Waals surface area contributed by atoms with Crippen LogP contribution in [-0.2, 0) is 6.42 Å². The minimum Gasteiger partial charge on any atom is -0.349 e. The van der Waals surface area contributed by atoms with Gasteiger partial charge in [0, 0.05) is 41.6 Å². The molecule has 1 aliphatic rings. The molecule has 2 aromatic rings. The number of nitrogens with zero attached hydrogens (tertiary/aromatic N) is 3. The molecule has 4 nitrogen and oxygen atoms in total. The van der Waals surface area contributed by atoms with Gasteiger partial charge in [0.1, 0.15) is 0 Å². The molecule has 0 bridgehead atoms. The van der Waals surface area contributed by atoms with Crippen LogP contribution in [0.25, 0.3) is 10.9 Å². The van der Waals surface area contributed by atoms with Gasteiger partial charge < -0.3 is 9.80 Å². The van der Waals surface area contributed by atoms with Crippen LogP contribution in [-0.4, -0.2) is 46.5 Å². The van der Waals surface area contributed by atoms with Gasteiger partial charge in [-0.25, -0.2) is 0 Å². The monoisotopic (exact) mass is 365 g/mol. The third-order valence-electron chi connectivity index (χ3n) is 5.04. The third kappa shape index (κ3) is 4.16. The fraction of sp³-hybridized carbons (Fsp3) is 0.435. The molecule has 0 fully saturated rings. The smallest absolute Gasteiger partial charge is 0.260 e. The standard InChI is InChI=1S/C23H31N3O/c1-17-9-10-21-20(14-17)18(11-13-24(5)6)16-26(21)22(27)19-8-7-12-25(15-19)23(2,3)4/h7,9-10,12,14-16H,8,11,13H2,1-6H3. The summed E-state index contributed by atoms with van der Waals surface area (Å²) in [7, 11) is 4.16. The predicted molar refractivity (Wildman–Crippen MR) is 113 cm³/mol. The van der Waals surface area contributed by atoms with E-state index in [4.69, 9.17) is 0 Å². The van der Waals surface area contributed by atoms with Gasteiger partial charge in [-0.15, -0.1) is 0 Å². The quantitative estimate of drug-likeness (QED) is 0.793. The Labute approximate surface area is 162 Å². The minimum atomic E-state index is -0.0464. The Morgan fingerprint density at radius 2 is 1.96 bits per heavy atom. The molecule has 144 valence electrons. The Morgan fingerprint density at radius 1 is 1.22 bits per heavy atom. The predicted octanol–water partition coefficient (Wildman–Crippen LogP) is 4.60. The Hall–Kier alpha value is -2.33. The number of aromatic nitrogens is 1. The molecule has 0 saturated carbocycles. The molecule has 1 aliphatic heterocycles. The summed E-state index contributed by atoms with van der Waals surface area (Å²) in [5.74, 6) is 0.0681. The van der Waals surface area contributed by atoms with Crippen molar-refractivity contribution in [1.82, 2.24) is 14.4 Å². The molecule has 0 aliphatic carbocycles. The highest BCUT2D eigenvalue weighted by Crippen LogP contribution is 2.27. The molecule has 3 rings (SSSR count). The normalized spacial score (nSPS) is 14.9. The van der Waals surface area contributed by atoms with Gasteiger partial charge in [-0.1, -0.05) is 17.7 Å². The van der Waals surface area contributed by atoms with Crippen molar-refractivity contribution in [3.63, 3.8) is 0 Å². The van der Waals surface area contributed by atoms with Crippen LogP contribution in [0, 0.1) is 6.92 Å². The van der Waals surface area contributed by atoms with Crippen LogP contribution in [0.5, 0.6) is 0 Å². The summed E-state index contributed by atoms with van der Waals surface area (Å²) >= 11 is 0. The zero-order chi connectivity index (χ0) is 19.8. The highest BCUT2D eigenvalue weighted by molar-refractivity contribution is 6.03. The first-order chi connectivity index (χ1) is 12.7. The molecule has 1 aromatic carbocycles. The van der Waals surface area contributed by atoms with Crippen LogP contribution in [0.2, 0.25) is 0 Å². The van der Waals surface area contributed by atoms with Gasteiger partial charge >= 0.3 is 0 Å². The summed E-state index contributed by atoms with van der Waals surface area (Å²) in [5.41, 5.74) is 4.23. The lowest BCUT2D eigenvalue weighted by atomic mass is 10.0. The molecule has 0 amide bonds. The third-order valence-corrected chi connectivity index (χ3v) is 5.04. The maximum Gasteiger partial charge on any atom is 0.260 e. The summed E-state index contributed by atoms with van der Waals surface area (Å²) < 4.78 is 1.84. The van der Waals surface area contributed by atoms with Crippen LogP contribution < -0.4 is 0 Å². The first-order valence-corrected chi connectivity index (χ1v) is 9.62. The lowest BCUT2D eigenvalue weighted by Gasteiger charge is -2.34. The molecular formula is C23H31N3O. The molecule has 1 aromatic heterocycles. The largest absolute Gasteiger partial charge is 0.349 e. The van der Waals surface area contributed by atoms with Crippen molar-refractivity contribution < 1.29 is 4.79 Å². The van der Waals surface area contributed by atoms with Crippen molar-refractivity contribution in [2.75, 3.05) is 20.6 Å². The van der Waals surface area contributed by atoms with Crippen LogP contribution in [0.3, 0.4) is 0 Å². The highest BCUT2D eigenvalue weighted by atomic mass is 16.2. The number of hydrogen-bond acceptors (Lipinski definition) is 3. The van der Waals surface area contributed by atoms with E-state index in [1.807, 2.05) is 17.0 Å². The SMILES string of the molecule is Cc1ccc2c(c1)c(CCN(C)C)cn2C(=O)C1=CN(C(C)(C)C)C=CC1. The van der Waals surface area contributed by atoms with Gasteiger partial charge in [-0.2, -0.15) is 0 Å². The number of allylic oxidation sites excluding steroid dienone is 2. The second-order valence-electron chi connectivity index (χ2n) is 8.72. The number of likely N-dealkylation sites (N-methyl/N-ethyl adjacent to an activating group) is 1. The second kappa shape index (κ2) is 7.35. The van der Waals surface area contributed by atoms with Crippen molar-refractivity contribution >= 4 is 16.8 Å². The van der Waals surface area contributed by atoms with Gasteiger partial charge in [-0.3, -0.25) is 9.36 Å². The van der Waals surface area contributed by atoms with E-state index in [0.717, 1.165) is 24.1 Å². The zero-order valence-electron chi connectivity index (χ0n) is 17.4. The number of fused-ring (bicyclic) bond motifs is 1. The van der Waals surface area contributed by atoms with E-state index in [1.54, 1.807) is 0 Å². The van der Waals surface area contributed by atoms with Crippen molar-refractivity contribution in [2.24, 2.45) is 0 Å². The van der Waals surface area contributed by atoms with E-state index in [0.29, 0.717) is 6.42 Å². The van der Waals surface area contributed by atoms with E-state index in [-0.39, 0.29) is 11.4 Å². The van der Waals surface area contributed by atoms with E-state index in [1.165, 1.54) is 16.5 Å². The number of carbonyl (C=O) groups excluding carboxylic acids is 1. The maximum absolute atomic E-state index is 13.3. The summed E-state index contributed by atoms with van der Waals surface area (Å²) in [4.78, 5) is 17.6. The number of aryl methyl sites for hydroxylation is 1. The molecule has 4 heteroatoms. The van der Waals surface area contributed by atoms with Crippen LogP contribution in [0.1, 0.15) is 43.1 Å². The fourth-order valence-electron chi connectivity index (χ4n) is 3.39. The Kier molecular flexibility index (Phi) is 5.29. The summed E-state index contributed by atoms with van der Waals surface area (Å²) in [6.45, 7) is 9.51. The maximum atomic E-state index is 13.3. The van der Waals surface area contributed by atoms with Gasteiger partial charge in [0.05, 0.1) is 5.52 Å². The van der Waals surface area contributed by atoms with Crippen molar-refractivity contribution in [3.05, 3.63) is 59.6 Å². The van der Waals surface area contributed by atoms with Crippen molar-refractivity contribution in [1.29, 1.82) is 0 Å². The van der Waals surface area contributed by atoms with Gasteiger partial charge in [0.15, 0.2) is 0 Å². The molecule has 0 saturated heterocycles. The summed E-state index contributed by atoms with van der Waals surface area (Å²) in [5, 5.41) is 1.19. The van der Waals surface area contributed by atoms with E-state index in [2.05, 4.69) is 82.1 Å². The first kappa shape index (κ1) is 19.4. The fourth-order valence-corrected chi connectivity index (χ4v) is 3.39. The number of rotatable bonds is 4. The lowest BCUT2D eigenvalue weighted by molar-refractivity contribution is 0.0953. The molecule has 0 radical (unpaired) electrons. The molecule has 2 heterocycles. The highest BCUT2D eigenvalue weighted by Gasteiger charge is 2.23. The van der Waals surface area contributed by atoms with E-state index >= 15 is 0 Å². The molecule has 0 spiro atoms. The van der Waals surface area contributed by atoms with Crippen LogP contribution >= 0.6 is 0 Å². The zero-order valence-corrected chi connectivity index (χ0v) is 17.4. The number of benzene rings is 1. The molecule has 0 atom stereocenters. The average molecular weight is 366 g/mol. The Balaban J connectivity index is 2.01. The molecular weight excluding hydrogens is 334 g/mol. The van der Waals surface area contributed by atoms with Gasteiger partial charge in [-0.05, 0) is 72.3 Å². The molecule has 27 heavy (non-hydrogen) atoms. The topological polar surface area (TPSA) is 28.5 Å². The van der Waals surface area contributed by atoms with Crippen molar-refractivity contribution in [2.45, 2.75) is 46.1 Å². The minimum absolute atomic E-state index is 0.0464. The Bertz CT molecular complexity index is 910. The van der Waals surface area contributed by atoms with Gasteiger partial charge in [0.25, 0.3) is 5.91 Å². The average Bonchev–Trinajstić information content (AvgIpc) is 2.96. The number of hydrogen-bond donors (Lipinski definition) is 0. The summed E-state index contributed by atoms with van der Waals surface area (Å²) in [6, 6.07) is 6.35. The molecule has 0 N–H and O–H groups in total. The molecule has 0 unspecified atom stereocenters. The van der Waals surface area contributed by atoms with E-state index in [9.17, 15) is 4.79 Å². The van der Waals surface area contributed by atoms with Crippen molar-refractivity contribution in [3.8, 4) is 0 Å². The Morgan fingerprint density at radius 3 is 2.63 bits per heavy atom. The van der Waals surface area contributed by atoms with Crippen LogP contribution in [0.4, 0.5) is 0 Å². The summed E-state index contributed by atoms with van der Waals surface area (Å²) in [6.07, 6.45) is 9.78. The number of carbonyl (C=O) groups is 1. The van der Waals surface area contributed by atoms with E-state index < -0.39 is 0 Å². The lowest BCUT2D eigenvalue weighted by Crippen LogP contribution is -2.35.